The monoisotopic (exact) mass is 414 g/mol. The van der Waals surface area contributed by atoms with E-state index in [2.05, 4.69) is 0 Å². The number of aliphatic carboxylic acids is 1. The molecule has 0 bridgehead atoms. The molecule has 1 aliphatic heterocycles. The first-order chi connectivity index (χ1) is 13.5. The first kappa shape index (κ1) is 19.9. The average Bonchev–Trinajstić information content (AvgIpc) is 2.94. The second-order valence-corrected chi connectivity index (χ2v) is 7.50. The molecule has 1 amide bonds. The summed E-state index contributed by atoms with van der Waals surface area (Å²) in [6, 6.07) is 15.0. The molecule has 8 heteroatoms. The van der Waals surface area contributed by atoms with Crippen molar-refractivity contribution in [2.45, 2.75) is 6.61 Å². The molecule has 0 saturated carbocycles. The number of nitrogens with zero attached hydrogens (tertiary/aromatic N) is 1. The number of rotatable bonds is 7. The fourth-order valence-corrected chi connectivity index (χ4v) is 3.80. The topological polar surface area (TPSA) is 78.9 Å². The van der Waals surface area contributed by atoms with Crippen LogP contribution in [0.5, 0.6) is 11.5 Å². The first-order valence-corrected chi connectivity index (χ1v) is 9.50. The minimum Gasteiger partial charge on any atom is -0.548 e. The van der Waals surface area contributed by atoms with E-state index in [1.54, 1.807) is 24.3 Å². The summed E-state index contributed by atoms with van der Waals surface area (Å²) in [5.41, 5.74) is 1.74. The van der Waals surface area contributed by atoms with Crippen molar-refractivity contribution in [1.29, 1.82) is 0 Å². The van der Waals surface area contributed by atoms with Gasteiger partial charge in [-0.3, -0.25) is 9.69 Å². The van der Waals surface area contributed by atoms with E-state index < -0.39 is 18.4 Å². The minimum absolute atomic E-state index is 0.190. The molecule has 0 radical (unpaired) electrons. The van der Waals surface area contributed by atoms with Crippen LogP contribution in [0, 0.1) is 0 Å². The summed E-state index contributed by atoms with van der Waals surface area (Å²) < 4.78 is 11.4. The van der Waals surface area contributed by atoms with Crippen molar-refractivity contribution in [2.75, 3.05) is 13.7 Å². The van der Waals surface area contributed by atoms with Crippen LogP contribution in [-0.4, -0.2) is 34.8 Å². The van der Waals surface area contributed by atoms with Gasteiger partial charge in [0.15, 0.2) is 11.5 Å². The maximum absolute atomic E-state index is 12.3. The standard InChI is InChI=1S/C20H17NO5S2/c1-25-16-9-14(7-8-15(16)26-12-13-5-3-2-4-6-13)10-17-19(24)21(11-18(22)23)20(27)28-17/h2-10H,11-12H2,1H3,(H,22,23)/p-1. The normalized spacial score (nSPS) is 15.2. The summed E-state index contributed by atoms with van der Waals surface area (Å²) in [4.78, 5) is 24.5. The van der Waals surface area contributed by atoms with Crippen LogP contribution < -0.4 is 14.6 Å². The third kappa shape index (κ3) is 4.71. The Kier molecular flexibility index (Phi) is 6.33. The third-order valence-electron chi connectivity index (χ3n) is 3.88. The average molecular weight is 414 g/mol. The Morgan fingerprint density at radius 3 is 2.64 bits per heavy atom. The van der Waals surface area contributed by atoms with Crippen LogP contribution >= 0.6 is 24.0 Å². The van der Waals surface area contributed by atoms with Gasteiger partial charge in [-0.05, 0) is 29.3 Å². The number of hydrogen-bond donors (Lipinski definition) is 0. The van der Waals surface area contributed by atoms with E-state index >= 15 is 0 Å². The summed E-state index contributed by atoms with van der Waals surface area (Å²) in [5, 5.41) is 10.8. The van der Waals surface area contributed by atoms with Crippen molar-refractivity contribution in [3.05, 3.63) is 64.6 Å². The molecule has 1 saturated heterocycles. The quantitative estimate of drug-likeness (QED) is 0.508. The van der Waals surface area contributed by atoms with Crippen molar-refractivity contribution in [3.8, 4) is 11.5 Å². The Balaban J connectivity index is 1.76. The smallest absolute Gasteiger partial charge is 0.266 e. The molecule has 0 spiro atoms. The zero-order valence-corrected chi connectivity index (χ0v) is 16.5. The summed E-state index contributed by atoms with van der Waals surface area (Å²) in [7, 11) is 1.54. The molecule has 2 aromatic rings. The van der Waals surface area contributed by atoms with E-state index in [0.717, 1.165) is 22.2 Å². The van der Waals surface area contributed by atoms with E-state index in [1.165, 1.54) is 7.11 Å². The molecular weight excluding hydrogens is 398 g/mol. The molecule has 3 rings (SSSR count). The predicted molar refractivity (Wildman–Crippen MR) is 109 cm³/mol. The Morgan fingerprint density at radius 2 is 1.96 bits per heavy atom. The molecule has 1 fully saturated rings. The number of thiocarbonyl (C=S) groups is 1. The SMILES string of the molecule is COc1cc(C=C2SC(=S)N(CC(=O)[O-])C2=O)ccc1OCc1ccccc1. The van der Waals surface area contributed by atoms with Gasteiger partial charge in [0.05, 0.1) is 24.5 Å². The summed E-state index contributed by atoms with van der Waals surface area (Å²) >= 11 is 6.12. The molecule has 28 heavy (non-hydrogen) atoms. The highest BCUT2D eigenvalue weighted by molar-refractivity contribution is 8.26. The minimum atomic E-state index is -1.36. The second-order valence-electron chi connectivity index (χ2n) is 5.82. The molecule has 0 atom stereocenters. The van der Waals surface area contributed by atoms with E-state index in [4.69, 9.17) is 21.7 Å². The Morgan fingerprint density at radius 1 is 1.21 bits per heavy atom. The van der Waals surface area contributed by atoms with Crippen LogP contribution in [0.4, 0.5) is 0 Å². The zero-order valence-electron chi connectivity index (χ0n) is 14.9. The van der Waals surface area contributed by atoms with Gasteiger partial charge in [0.25, 0.3) is 5.91 Å². The second kappa shape index (κ2) is 8.90. The highest BCUT2D eigenvalue weighted by Crippen LogP contribution is 2.34. The van der Waals surface area contributed by atoms with Crippen LogP contribution in [0.1, 0.15) is 11.1 Å². The highest BCUT2D eigenvalue weighted by Gasteiger charge is 2.31. The lowest BCUT2D eigenvalue weighted by atomic mass is 10.1. The molecule has 1 aliphatic rings. The van der Waals surface area contributed by atoms with Gasteiger partial charge in [-0.2, -0.15) is 0 Å². The fourth-order valence-electron chi connectivity index (χ4n) is 2.55. The zero-order chi connectivity index (χ0) is 20.1. The van der Waals surface area contributed by atoms with Gasteiger partial charge in [0.2, 0.25) is 0 Å². The number of carboxylic acids is 1. The van der Waals surface area contributed by atoms with Crippen LogP contribution in [0.3, 0.4) is 0 Å². The summed E-state index contributed by atoms with van der Waals surface area (Å²) in [6.45, 7) is -0.157. The number of carbonyl (C=O) groups excluding carboxylic acids is 2. The lowest BCUT2D eigenvalue weighted by Crippen LogP contribution is -2.40. The Bertz CT molecular complexity index is 943. The van der Waals surface area contributed by atoms with Crippen molar-refractivity contribution in [3.63, 3.8) is 0 Å². The van der Waals surface area contributed by atoms with Gasteiger partial charge in [0.1, 0.15) is 10.9 Å². The number of ether oxygens (including phenoxy) is 2. The number of benzene rings is 2. The summed E-state index contributed by atoms with van der Waals surface area (Å²) in [6.07, 6.45) is 1.64. The van der Waals surface area contributed by atoms with Crippen LogP contribution in [-0.2, 0) is 16.2 Å². The number of methoxy groups -OCH3 is 1. The highest BCUT2D eigenvalue weighted by atomic mass is 32.2. The number of carbonyl (C=O) groups is 2. The first-order valence-electron chi connectivity index (χ1n) is 8.28. The van der Waals surface area contributed by atoms with Crippen LogP contribution in [0.2, 0.25) is 0 Å². The van der Waals surface area contributed by atoms with E-state index in [1.807, 2.05) is 30.3 Å². The number of amides is 1. The van der Waals surface area contributed by atoms with Crippen molar-refractivity contribution < 1.29 is 24.2 Å². The fraction of sp³-hybridized carbons (Fsp3) is 0.150. The van der Waals surface area contributed by atoms with Crippen LogP contribution in [0.15, 0.2) is 53.4 Å². The largest absolute Gasteiger partial charge is 0.548 e. The van der Waals surface area contributed by atoms with Gasteiger partial charge >= 0.3 is 0 Å². The molecule has 0 unspecified atom stereocenters. The molecule has 0 aromatic heterocycles. The molecule has 6 nitrogen and oxygen atoms in total. The van der Waals surface area contributed by atoms with Gasteiger partial charge < -0.3 is 19.4 Å². The number of hydrogen-bond acceptors (Lipinski definition) is 7. The maximum Gasteiger partial charge on any atom is 0.266 e. The van der Waals surface area contributed by atoms with Gasteiger partial charge in [-0.15, -0.1) is 0 Å². The third-order valence-corrected chi connectivity index (χ3v) is 5.26. The van der Waals surface area contributed by atoms with Crippen molar-refractivity contribution >= 4 is 46.3 Å². The maximum atomic E-state index is 12.3. The molecule has 2 aromatic carbocycles. The van der Waals surface area contributed by atoms with Gasteiger partial charge in [0, 0.05) is 0 Å². The number of carboxylic acid groups (broad SMARTS) is 1. The van der Waals surface area contributed by atoms with E-state index in [-0.39, 0.29) is 4.32 Å². The Hall–Kier alpha value is -2.84. The number of thioether (sulfide) groups is 1. The molecule has 1 heterocycles. The van der Waals surface area contributed by atoms with E-state index in [9.17, 15) is 14.7 Å². The molecular formula is C20H16NO5S2-. The van der Waals surface area contributed by atoms with Gasteiger partial charge in [-0.1, -0.05) is 60.4 Å². The van der Waals surface area contributed by atoms with Gasteiger partial charge in [-0.25, -0.2) is 0 Å². The molecule has 144 valence electrons. The lowest BCUT2D eigenvalue weighted by molar-refractivity contribution is -0.305. The van der Waals surface area contributed by atoms with Crippen molar-refractivity contribution in [2.24, 2.45) is 0 Å². The molecule has 0 aliphatic carbocycles. The molecule has 0 N–H and O–H groups in total. The predicted octanol–water partition coefficient (Wildman–Crippen LogP) is 2.23. The van der Waals surface area contributed by atoms with Crippen LogP contribution in [0.25, 0.3) is 6.08 Å². The lowest BCUT2D eigenvalue weighted by Gasteiger charge is -2.14. The van der Waals surface area contributed by atoms with Crippen molar-refractivity contribution in [1.82, 2.24) is 4.90 Å². The Labute approximate surface area is 171 Å². The van der Waals surface area contributed by atoms with E-state index in [0.29, 0.717) is 28.6 Å². The summed E-state index contributed by atoms with van der Waals surface area (Å²) in [5.74, 6) is -0.718.